The Labute approximate surface area is 295 Å². The summed E-state index contributed by atoms with van der Waals surface area (Å²) in [5.74, 6) is 1.31. The van der Waals surface area contributed by atoms with E-state index in [0.29, 0.717) is 44.5 Å². The molecule has 7 nitrogen and oxygen atoms in total. The molecule has 0 bridgehead atoms. The summed E-state index contributed by atoms with van der Waals surface area (Å²) < 4.78 is 45.6. The average molecular weight is 673 g/mol. The molecule has 0 radical (unpaired) electrons. The lowest BCUT2D eigenvalue weighted by atomic mass is 9.97. The first-order valence-corrected chi connectivity index (χ1v) is 17.0. The Hall–Kier alpha value is -4.76. The summed E-state index contributed by atoms with van der Waals surface area (Å²) in [6.07, 6.45) is -1.48. The molecule has 258 valence electrons. The number of hydrogen-bond donors (Lipinski definition) is 0. The van der Waals surface area contributed by atoms with Crippen LogP contribution in [0.1, 0.15) is 22.3 Å². The molecule has 0 spiro atoms. The predicted molar refractivity (Wildman–Crippen MR) is 193 cm³/mol. The molecule has 1 saturated heterocycles. The minimum absolute atomic E-state index is 0.249. The zero-order chi connectivity index (χ0) is 34.2. The van der Waals surface area contributed by atoms with E-state index in [9.17, 15) is 0 Å². The molecule has 0 saturated carbocycles. The molecule has 50 heavy (non-hydrogen) atoms. The van der Waals surface area contributed by atoms with E-state index in [1.165, 1.54) is 0 Å². The van der Waals surface area contributed by atoms with Crippen LogP contribution in [0.4, 0.5) is 0 Å². The highest BCUT2D eigenvalue weighted by Gasteiger charge is 2.49. The van der Waals surface area contributed by atoms with Gasteiger partial charge in [-0.2, -0.15) is 0 Å². The Bertz CT molecular complexity index is 1670. The molecule has 5 aromatic carbocycles. The second kappa shape index (κ2) is 18.9. The Balaban J connectivity index is 1.31. The number of ether oxygens (including phenoxy) is 7. The first-order chi connectivity index (χ1) is 24.7. The molecule has 0 N–H and O–H groups in total. The highest BCUT2D eigenvalue weighted by Crippen LogP contribution is 2.33. The van der Waals surface area contributed by atoms with Crippen LogP contribution in [-0.4, -0.2) is 43.9 Å². The fourth-order valence-electron chi connectivity index (χ4n) is 5.75. The highest BCUT2D eigenvalue weighted by molar-refractivity contribution is 5.31. The topological polar surface area (TPSA) is 64.6 Å². The molecular formula is C43H44O7. The van der Waals surface area contributed by atoms with Gasteiger partial charge in [0.1, 0.15) is 42.5 Å². The van der Waals surface area contributed by atoms with Crippen molar-refractivity contribution in [3.05, 3.63) is 181 Å². The molecule has 0 aliphatic carbocycles. The van der Waals surface area contributed by atoms with Crippen molar-refractivity contribution in [2.75, 3.05) is 13.2 Å². The first kappa shape index (κ1) is 35.1. The van der Waals surface area contributed by atoms with E-state index in [1.807, 2.05) is 146 Å². The normalized spacial score (nSPS) is 20.2. The van der Waals surface area contributed by atoms with E-state index in [0.717, 1.165) is 22.3 Å². The van der Waals surface area contributed by atoms with E-state index in [2.05, 4.69) is 6.58 Å². The fraction of sp³-hybridized carbons (Fsp3) is 0.256. The lowest BCUT2D eigenvalue weighted by molar-refractivity contribution is -0.310. The first-order valence-electron chi connectivity index (χ1n) is 17.0. The van der Waals surface area contributed by atoms with Crippen molar-refractivity contribution in [2.45, 2.75) is 57.1 Å². The van der Waals surface area contributed by atoms with Crippen LogP contribution in [0.5, 0.6) is 11.5 Å². The van der Waals surface area contributed by atoms with Gasteiger partial charge in [-0.15, -0.1) is 0 Å². The minimum Gasteiger partial charge on any atom is -0.490 e. The van der Waals surface area contributed by atoms with Crippen LogP contribution in [0.2, 0.25) is 0 Å². The van der Waals surface area contributed by atoms with Crippen molar-refractivity contribution < 1.29 is 33.2 Å². The zero-order valence-electron chi connectivity index (χ0n) is 28.1. The maximum absolute atomic E-state index is 6.80. The average Bonchev–Trinajstić information content (AvgIpc) is 3.17. The van der Waals surface area contributed by atoms with Gasteiger partial charge in [0.25, 0.3) is 0 Å². The summed E-state index contributed by atoms with van der Waals surface area (Å²) in [6.45, 7) is 5.85. The Morgan fingerprint density at radius 2 is 0.940 bits per heavy atom. The monoisotopic (exact) mass is 672 g/mol. The second-order valence-corrected chi connectivity index (χ2v) is 12.0. The second-order valence-electron chi connectivity index (χ2n) is 12.0. The maximum Gasteiger partial charge on any atom is 0.229 e. The van der Waals surface area contributed by atoms with E-state index in [-0.39, 0.29) is 6.61 Å². The predicted octanol–water partition coefficient (Wildman–Crippen LogP) is 8.33. The van der Waals surface area contributed by atoms with Gasteiger partial charge in [-0.25, -0.2) is 0 Å². The molecule has 1 fully saturated rings. The summed E-state index contributed by atoms with van der Waals surface area (Å²) in [5.41, 5.74) is 4.16. The van der Waals surface area contributed by atoms with Crippen LogP contribution in [0, 0.1) is 0 Å². The lowest BCUT2D eigenvalue weighted by Gasteiger charge is -2.45. The lowest BCUT2D eigenvalue weighted by Crippen LogP contribution is -2.62. The third-order valence-electron chi connectivity index (χ3n) is 8.28. The third-order valence-corrected chi connectivity index (χ3v) is 8.28. The Morgan fingerprint density at radius 1 is 0.500 bits per heavy atom. The summed E-state index contributed by atoms with van der Waals surface area (Å²) in [5, 5.41) is 0. The van der Waals surface area contributed by atoms with Gasteiger partial charge >= 0.3 is 0 Å². The smallest absolute Gasteiger partial charge is 0.229 e. The fourth-order valence-corrected chi connectivity index (χ4v) is 5.75. The van der Waals surface area contributed by atoms with E-state index in [1.54, 1.807) is 6.08 Å². The number of rotatable bonds is 18. The molecular weight excluding hydrogens is 628 g/mol. The van der Waals surface area contributed by atoms with E-state index in [4.69, 9.17) is 33.2 Å². The van der Waals surface area contributed by atoms with Crippen molar-refractivity contribution in [1.29, 1.82) is 0 Å². The largest absolute Gasteiger partial charge is 0.490 e. The van der Waals surface area contributed by atoms with Gasteiger partial charge in [-0.1, -0.05) is 134 Å². The molecule has 7 heteroatoms. The van der Waals surface area contributed by atoms with Crippen LogP contribution in [0.15, 0.2) is 158 Å². The van der Waals surface area contributed by atoms with Crippen LogP contribution < -0.4 is 9.47 Å². The van der Waals surface area contributed by atoms with Gasteiger partial charge in [-0.05, 0) is 46.5 Å². The molecule has 5 atom stereocenters. The van der Waals surface area contributed by atoms with Gasteiger partial charge in [-0.3, -0.25) is 0 Å². The summed E-state index contributed by atoms with van der Waals surface area (Å²) in [6, 6.07) is 47.7. The summed E-state index contributed by atoms with van der Waals surface area (Å²) in [4.78, 5) is 0. The summed E-state index contributed by atoms with van der Waals surface area (Å²) in [7, 11) is 0. The highest BCUT2D eigenvalue weighted by atomic mass is 16.7. The molecule has 1 heterocycles. The molecule has 0 unspecified atom stereocenters. The van der Waals surface area contributed by atoms with Crippen LogP contribution in [-0.2, 0) is 50.1 Å². The molecule has 1 aliphatic rings. The quantitative estimate of drug-likeness (QED) is 0.0868. The Morgan fingerprint density at radius 3 is 1.44 bits per heavy atom. The third kappa shape index (κ3) is 10.4. The number of benzene rings is 5. The van der Waals surface area contributed by atoms with Gasteiger partial charge in [0.15, 0.2) is 0 Å². The van der Waals surface area contributed by atoms with E-state index < -0.39 is 30.7 Å². The van der Waals surface area contributed by atoms with Crippen LogP contribution in [0.25, 0.3) is 0 Å². The number of hydrogen-bond acceptors (Lipinski definition) is 7. The zero-order valence-corrected chi connectivity index (χ0v) is 28.1. The van der Waals surface area contributed by atoms with E-state index >= 15 is 0 Å². The Kier molecular flexibility index (Phi) is 13.2. The summed E-state index contributed by atoms with van der Waals surface area (Å²) >= 11 is 0. The van der Waals surface area contributed by atoms with Crippen molar-refractivity contribution >= 4 is 0 Å². The standard InChI is InChI=1S/C43H44O7/c1-2-27-45-37-23-25-38(26-24-37)49-43-42(48-31-36-21-13-6-14-22-36)41(47-30-35-19-11-5-12-20-35)40(46-29-34-17-9-4-10-18-34)39(50-43)32-44-28-33-15-7-3-8-16-33/h2-26,39-43H,1,27-32H2/t39-,40-,41+,42-,43+/m1/s1. The van der Waals surface area contributed by atoms with Crippen molar-refractivity contribution in [3.8, 4) is 11.5 Å². The molecule has 0 aromatic heterocycles. The molecule has 5 aromatic rings. The van der Waals surface area contributed by atoms with Crippen LogP contribution >= 0.6 is 0 Å². The van der Waals surface area contributed by atoms with Crippen molar-refractivity contribution in [3.63, 3.8) is 0 Å². The van der Waals surface area contributed by atoms with Crippen molar-refractivity contribution in [2.24, 2.45) is 0 Å². The van der Waals surface area contributed by atoms with Gasteiger partial charge in [0.2, 0.25) is 6.29 Å². The van der Waals surface area contributed by atoms with Gasteiger partial charge < -0.3 is 33.2 Å². The molecule has 0 amide bonds. The SMILES string of the molecule is C=CCOc1ccc(O[C@H]2O[C@H](COCc3ccccc3)[C@@H](OCc3ccccc3)[C@H](OCc3ccccc3)[C@H]2OCc2ccccc2)cc1. The minimum atomic E-state index is -0.846. The van der Waals surface area contributed by atoms with Crippen LogP contribution in [0.3, 0.4) is 0 Å². The maximum atomic E-state index is 6.80. The van der Waals surface area contributed by atoms with Crippen molar-refractivity contribution in [1.82, 2.24) is 0 Å². The van der Waals surface area contributed by atoms with Gasteiger partial charge in [0.05, 0.1) is 33.0 Å². The molecule has 6 rings (SSSR count). The van der Waals surface area contributed by atoms with Gasteiger partial charge in [0, 0.05) is 0 Å². The molecule has 1 aliphatic heterocycles.